The molecular weight excluding hydrogens is 380 g/mol. The number of hydrogen-bond donors (Lipinski definition) is 0. The first-order valence-corrected chi connectivity index (χ1v) is 11.5. The molecule has 0 saturated carbocycles. The molecule has 0 spiro atoms. The lowest BCUT2D eigenvalue weighted by Gasteiger charge is -2.35. The van der Waals surface area contributed by atoms with E-state index in [0.717, 1.165) is 24.1 Å². The number of benzene rings is 3. The first kappa shape index (κ1) is 18.6. The molecule has 4 nitrogen and oxygen atoms in total. The van der Waals surface area contributed by atoms with Crippen molar-refractivity contribution in [1.82, 2.24) is 9.21 Å². The number of fused-ring (bicyclic) bond motifs is 3. The average Bonchev–Trinajstić information content (AvgIpc) is 3.16. The lowest BCUT2D eigenvalue weighted by Crippen LogP contribution is -2.37. The van der Waals surface area contributed by atoms with Crippen molar-refractivity contribution in [3.05, 3.63) is 101 Å². The van der Waals surface area contributed by atoms with Gasteiger partial charge in [-0.3, -0.25) is 4.90 Å². The third-order valence-corrected chi connectivity index (χ3v) is 7.95. The van der Waals surface area contributed by atoms with Gasteiger partial charge in [-0.1, -0.05) is 72.3 Å². The van der Waals surface area contributed by atoms with Gasteiger partial charge in [-0.2, -0.15) is 4.31 Å². The zero-order valence-corrected chi connectivity index (χ0v) is 17.2. The van der Waals surface area contributed by atoms with Gasteiger partial charge in [0.15, 0.2) is 0 Å². The highest BCUT2D eigenvalue weighted by Gasteiger charge is 2.48. The Morgan fingerprint density at radius 2 is 1.55 bits per heavy atom. The molecule has 3 aromatic carbocycles. The highest BCUT2D eigenvalue weighted by Crippen LogP contribution is 2.46. The second-order valence-corrected chi connectivity index (χ2v) is 9.77. The van der Waals surface area contributed by atoms with Gasteiger partial charge in [-0.05, 0) is 42.2 Å². The second-order valence-electron chi connectivity index (χ2n) is 7.87. The first-order valence-electron chi connectivity index (χ1n) is 10.0. The van der Waals surface area contributed by atoms with Gasteiger partial charge in [0.05, 0.1) is 10.9 Å². The van der Waals surface area contributed by atoms with Gasteiger partial charge in [0.2, 0.25) is 10.0 Å². The molecule has 5 rings (SSSR count). The molecular formula is C24H24N2O2S. The summed E-state index contributed by atoms with van der Waals surface area (Å²) in [6, 6.07) is 25.7. The van der Waals surface area contributed by atoms with Crippen LogP contribution in [-0.4, -0.2) is 30.7 Å². The topological polar surface area (TPSA) is 40.6 Å². The van der Waals surface area contributed by atoms with E-state index in [1.54, 1.807) is 16.4 Å². The minimum absolute atomic E-state index is 0.0744. The van der Waals surface area contributed by atoms with Crippen molar-refractivity contribution in [3.8, 4) is 0 Å². The summed E-state index contributed by atoms with van der Waals surface area (Å²) in [5, 5.41) is 0. The average molecular weight is 405 g/mol. The molecule has 1 saturated heterocycles. The van der Waals surface area contributed by atoms with Crippen LogP contribution >= 0.6 is 0 Å². The molecule has 5 heteroatoms. The zero-order chi connectivity index (χ0) is 20.0. The van der Waals surface area contributed by atoms with Crippen LogP contribution in [0.5, 0.6) is 0 Å². The van der Waals surface area contributed by atoms with Crippen molar-refractivity contribution in [2.24, 2.45) is 0 Å². The maximum atomic E-state index is 13.7. The number of nitrogens with zero attached hydrogens (tertiary/aromatic N) is 2. The van der Waals surface area contributed by atoms with Crippen LogP contribution in [0.4, 0.5) is 0 Å². The van der Waals surface area contributed by atoms with E-state index in [1.165, 1.54) is 11.1 Å². The van der Waals surface area contributed by atoms with Crippen LogP contribution in [0.15, 0.2) is 83.8 Å². The molecule has 0 bridgehead atoms. The van der Waals surface area contributed by atoms with Gasteiger partial charge < -0.3 is 0 Å². The molecule has 2 atom stereocenters. The van der Waals surface area contributed by atoms with Crippen LogP contribution in [0.3, 0.4) is 0 Å². The highest BCUT2D eigenvalue weighted by molar-refractivity contribution is 7.89. The Morgan fingerprint density at radius 1 is 0.862 bits per heavy atom. The zero-order valence-electron chi connectivity index (χ0n) is 16.4. The molecule has 0 N–H and O–H groups in total. The van der Waals surface area contributed by atoms with Crippen molar-refractivity contribution in [1.29, 1.82) is 0 Å². The number of hydrogen-bond acceptors (Lipinski definition) is 3. The van der Waals surface area contributed by atoms with Gasteiger partial charge in [0, 0.05) is 13.1 Å². The maximum Gasteiger partial charge on any atom is 0.244 e. The van der Waals surface area contributed by atoms with E-state index in [1.807, 2.05) is 49.4 Å². The van der Waals surface area contributed by atoms with E-state index in [9.17, 15) is 8.42 Å². The molecule has 2 aliphatic rings. The van der Waals surface area contributed by atoms with Crippen molar-refractivity contribution >= 4 is 10.0 Å². The van der Waals surface area contributed by atoms with Gasteiger partial charge in [0.1, 0.15) is 6.17 Å². The van der Waals surface area contributed by atoms with Gasteiger partial charge in [0.25, 0.3) is 0 Å². The Bertz CT molecular complexity index is 1130. The quantitative estimate of drug-likeness (QED) is 0.654. The van der Waals surface area contributed by atoms with E-state index in [4.69, 9.17) is 0 Å². The third kappa shape index (κ3) is 3.10. The fraction of sp³-hybridized carbons (Fsp3) is 0.250. The van der Waals surface area contributed by atoms with Gasteiger partial charge in [-0.15, -0.1) is 0 Å². The van der Waals surface area contributed by atoms with Crippen LogP contribution in [0, 0.1) is 6.92 Å². The van der Waals surface area contributed by atoms with Crippen LogP contribution < -0.4 is 0 Å². The number of rotatable bonds is 3. The third-order valence-electron chi connectivity index (χ3n) is 6.12. The molecule has 1 fully saturated rings. The molecule has 2 unspecified atom stereocenters. The summed E-state index contributed by atoms with van der Waals surface area (Å²) in [7, 11) is -3.62. The maximum absolute atomic E-state index is 13.7. The summed E-state index contributed by atoms with van der Waals surface area (Å²) < 4.78 is 29.1. The minimum atomic E-state index is -3.62. The van der Waals surface area contributed by atoms with E-state index >= 15 is 0 Å². The van der Waals surface area contributed by atoms with Crippen LogP contribution in [0.2, 0.25) is 0 Å². The van der Waals surface area contributed by atoms with E-state index in [2.05, 4.69) is 29.2 Å². The normalized spacial score (nSPS) is 22.2. The predicted molar refractivity (Wildman–Crippen MR) is 114 cm³/mol. The Kier molecular flexibility index (Phi) is 4.54. The standard InChI is InChI=1S/C24H24N2O2S/c1-18-11-13-21(14-12-18)29(27,28)26-17-23-22-10-6-5-7-19(22)15-16-25(23)24(26)20-8-3-2-4-9-20/h2-14,23-24H,15-17H2,1H3. The fourth-order valence-electron chi connectivity index (χ4n) is 4.66. The van der Waals surface area contributed by atoms with Crippen LogP contribution in [-0.2, 0) is 16.4 Å². The lowest BCUT2D eigenvalue weighted by atomic mass is 9.93. The summed E-state index contributed by atoms with van der Waals surface area (Å²) in [5.74, 6) is 0. The van der Waals surface area contributed by atoms with E-state index in [-0.39, 0.29) is 12.2 Å². The monoisotopic (exact) mass is 404 g/mol. The second kappa shape index (κ2) is 7.10. The SMILES string of the molecule is Cc1ccc(S(=O)(=O)N2CC3c4ccccc4CCN3C2c2ccccc2)cc1. The molecule has 0 aromatic heterocycles. The van der Waals surface area contributed by atoms with Crippen LogP contribution in [0.1, 0.15) is 34.5 Å². The smallest absolute Gasteiger partial charge is 0.244 e. The van der Waals surface area contributed by atoms with Crippen LogP contribution in [0.25, 0.3) is 0 Å². The predicted octanol–water partition coefficient (Wildman–Crippen LogP) is 4.30. The van der Waals surface area contributed by atoms with E-state index in [0.29, 0.717) is 11.4 Å². The van der Waals surface area contributed by atoms with Crippen molar-refractivity contribution in [3.63, 3.8) is 0 Å². The van der Waals surface area contributed by atoms with Gasteiger partial charge in [-0.25, -0.2) is 8.42 Å². The molecule has 3 aromatic rings. The number of sulfonamides is 1. The summed E-state index contributed by atoms with van der Waals surface area (Å²) in [6.07, 6.45) is 0.648. The Balaban J connectivity index is 1.63. The summed E-state index contributed by atoms with van der Waals surface area (Å²) in [4.78, 5) is 2.71. The molecule has 0 amide bonds. The minimum Gasteiger partial charge on any atom is -0.274 e. The van der Waals surface area contributed by atoms with Crippen molar-refractivity contribution < 1.29 is 8.42 Å². The Morgan fingerprint density at radius 3 is 2.31 bits per heavy atom. The fourth-order valence-corrected chi connectivity index (χ4v) is 6.25. The number of aryl methyl sites for hydroxylation is 1. The summed E-state index contributed by atoms with van der Waals surface area (Å²) in [6.45, 7) is 3.28. The highest BCUT2D eigenvalue weighted by atomic mass is 32.2. The van der Waals surface area contributed by atoms with Crippen molar-refractivity contribution in [2.75, 3.05) is 13.1 Å². The summed E-state index contributed by atoms with van der Waals surface area (Å²) >= 11 is 0. The first-order chi connectivity index (χ1) is 14.1. The molecule has 148 valence electrons. The summed E-state index contributed by atoms with van der Waals surface area (Å²) in [5.41, 5.74) is 4.65. The molecule has 2 heterocycles. The molecule has 0 aliphatic carbocycles. The largest absolute Gasteiger partial charge is 0.274 e. The van der Waals surface area contributed by atoms with Gasteiger partial charge >= 0.3 is 0 Å². The lowest BCUT2D eigenvalue weighted by molar-refractivity contribution is 0.154. The van der Waals surface area contributed by atoms with E-state index < -0.39 is 10.0 Å². The van der Waals surface area contributed by atoms with Crippen molar-refractivity contribution in [2.45, 2.75) is 30.4 Å². The Hall–Kier alpha value is -2.47. The Labute approximate surface area is 172 Å². The molecule has 2 aliphatic heterocycles. The molecule has 0 radical (unpaired) electrons. The molecule has 29 heavy (non-hydrogen) atoms.